The van der Waals surface area contributed by atoms with Crippen LogP contribution in [0.2, 0.25) is 0 Å². The van der Waals surface area contributed by atoms with Crippen molar-refractivity contribution in [1.29, 1.82) is 0 Å². The Balaban J connectivity index is 1.20. The Morgan fingerprint density at radius 1 is 1.14 bits per heavy atom. The number of nitrogens with zero attached hydrogens (tertiary/aromatic N) is 1. The third-order valence-corrected chi connectivity index (χ3v) is 8.05. The molecule has 0 unspecified atom stereocenters. The van der Waals surface area contributed by atoms with Crippen molar-refractivity contribution in [2.24, 2.45) is 11.8 Å². The van der Waals surface area contributed by atoms with Crippen molar-refractivity contribution in [3.05, 3.63) is 77.0 Å². The van der Waals surface area contributed by atoms with Gasteiger partial charge in [-0.05, 0) is 71.7 Å². The fourth-order valence-corrected chi connectivity index (χ4v) is 5.86. The Morgan fingerprint density at radius 3 is 2.72 bits per heavy atom. The van der Waals surface area contributed by atoms with E-state index in [2.05, 4.69) is 11.1 Å². The highest BCUT2D eigenvalue weighted by atomic mass is 32.2. The number of carboxylic acid groups (broad SMARTS) is 1. The van der Waals surface area contributed by atoms with Gasteiger partial charge < -0.3 is 14.6 Å². The van der Waals surface area contributed by atoms with Gasteiger partial charge in [-0.2, -0.15) is 0 Å². The summed E-state index contributed by atoms with van der Waals surface area (Å²) in [5, 5.41) is 9.30. The summed E-state index contributed by atoms with van der Waals surface area (Å²) in [7, 11) is -2.99. The highest BCUT2D eigenvalue weighted by molar-refractivity contribution is 7.90. The molecule has 188 valence electrons. The molecule has 5 rings (SSSR count). The van der Waals surface area contributed by atoms with Crippen LogP contribution in [0.3, 0.4) is 0 Å². The van der Waals surface area contributed by atoms with Crippen LogP contribution < -0.4 is 9.47 Å². The molecule has 0 amide bonds. The SMILES string of the molecule is Cc1cc(OCCCS(C)(=O)=O)ncc1-c1cccc(COc2ccc3c(c2)C[C@H]2[C@H](C(=O)O)[C@@H]32)c1. The molecule has 0 bridgehead atoms. The zero-order valence-corrected chi connectivity index (χ0v) is 21.1. The van der Waals surface area contributed by atoms with E-state index >= 15 is 0 Å². The maximum Gasteiger partial charge on any atom is 0.307 e. The van der Waals surface area contributed by atoms with E-state index < -0.39 is 15.8 Å². The van der Waals surface area contributed by atoms with Crippen LogP contribution in [0.4, 0.5) is 0 Å². The number of pyridine rings is 1. The number of sulfone groups is 1. The van der Waals surface area contributed by atoms with Crippen molar-refractivity contribution in [2.45, 2.75) is 32.3 Å². The zero-order valence-electron chi connectivity index (χ0n) is 20.3. The van der Waals surface area contributed by atoms with Crippen LogP contribution in [0.5, 0.6) is 11.6 Å². The number of carbonyl (C=O) groups is 1. The smallest absolute Gasteiger partial charge is 0.307 e. The molecule has 2 aliphatic carbocycles. The number of rotatable bonds is 10. The number of carboxylic acids is 1. The fraction of sp³-hybridized carbons (Fsp3) is 0.357. The van der Waals surface area contributed by atoms with E-state index in [0.29, 0.717) is 25.5 Å². The van der Waals surface area contributed by atoms with Crippen molar-refractivity contribution in [2.75, 3.05) is 18.6 Å². The number of aliphatic carboxylic acids is 1. The number of hydrogen-bond donors (Lipinski definition) is 1. The van der Waals surface area contributed by atoms with Crippen LogP contribution >= 0.6 is 0 Å². The van der Waals surface area contributed by atoms with Gasteiger partial charge in [0.25, 0.3) is 0 Å². The van der Waals surface area contributed by atoms with Crippen LogP contribution in [0.15, 0.2) is 54.7 Å². The summed E-state index contributed by atoms with van der Waals surface area (Å²) in [6, 6.07) is 16.0. The van der Waals surface area contributed by atoms with E-state index in [9.17, 15) is 18.3 Å². The molecule has 1 fully saturated rings. The molecule has 1 aromatic heterocycles. The molecule has 8 heteroatoms. The Morgan fingerprint density at radius 2 is 1.97 bits per heavy atom. The first-order valence-corrected chi connectivity index (χ1v) is 14.1. The summed E-state index contributed by atoms with van der Waals surface area (Å²) in [4.78, 5) is 15.7. The van der Waals surface area contributed by atoms with Crippen molar-refractivity contribution in [3.63, 3.8) is 0 Å². The first kappa shape index (κ1) is 24.3. The Bertz CT molecular complexity index is 1420. The molecule has 0 spiro atoms. The van der Waals surface area contributed by atoms with E-state index in [1.165, 1.54) is 11.8 Å². The van der Waals surface area contributed by atoms with Gasteiger partial charge in [0.1, 0.15) is 22.2 Å². The summed E-state index contributed by atoms with van der Waals surface area (Å²) < 4.78 is 34.2. The van der Waals surface area contributed by atoms with Crippen molar-refractivity contribution in [1.82, 2.24) is 4.98 Å². The van der Waals surface area contributed by atoms with Crippen LogP contribution in [0.1, 0.15) is 34.6 Å². The van der Waals surface area contributed by atoms with E-state index in [4.69, 9.17) is 9.47 Å². The molecule has 2 aliphatic rings. The quantitative estimate of drug-likeness (QED) is 0.405. The van der Waals surface area contributed by atoms with Crippen molar-refractivity contribution < 1.29 is 27.8 Å². The number of aryl methyl sites for hydroxylation is 1. The lowest BCUT2D eigenvalue weighted by atomic mass is 10.0. The van der Waals surface area contributed by atoms with Gasteiger partial charge in [0.05, 0.1) is 18.3 Å². The van der Waals surface area contributed by atoms with E-state index in [1.54, 1.807) is 6.20 Å². The van der Waals surface area contributed by atoms with Gasteiger partial charge in [0, 0.05) is 30.0 Å². The molecule has 7 nitrogen and oxygen atoms in total. The molecule has 1 N–H and O–H groups in total. The lowest BCUT2D eigenvalue weighted by Crippen LogP contribution is -2.08. The van der Waals surface area contributed by atoms with E-state index in [1.807, 2.05) is 49.4 Å². The topological polar surface area (TPSA) is 103 Å². The molecule has 36 heavy (non-hydrogen) atoms. The normalized spacial score (nSPS) is 19.9. The molecular weight excluding hydrogens is 478 g/mol. The Labute approximate surface area is 211 Å². The van der Waals surface area contributed by atoms with Gasteiger partial charge >= 0.3 is 5.97 Å². The molecule has 2 aromatic carbocycles. The minimum absolute atomic E-state index is 0.0939. The first-order valence-electron chi connectivity index (χ1n) is 12.0. The highest BCUT2D eigenvalue weighted by Crippen LogP contribution is 2.61. The van der Waals surface area contributed by atoms with Crippen molar-refractivity contribution in [3.8, 4) is 22.8 Å². The Kier molecular flexibility index (Phi) is 6.47. The first-order chi connectivity index (χ1) is 17.2. The second-order valence-electron chi connectivity index (χ2n) is 9.78. The molecule has 0 radical (unpaired) electrons. The summed E-state index contributed by atoms with van der Waals surface area (Å²) in [5.41, 5.74) is 6.42. The van der Waals surface area contributed by atoms with Gasteiger partial charge in [-0.15, -0.1) is 0 Å². The minimum atomic E-state index is -2.99. The molecule has 3 aromatic rings. The number of benzene rings is 2. The minimum Gasteiger partial charge on any atom is -0.489 e. The third-order valence-electron chi connectivity index (χ3n) is 7.02. The van der Waals surface area contributed by atoms with Gasteiger partial charge in [-0.1, -0.05) is 24.3 Å². The summed E-state index contributed by atoms with van der Waals surface area (Å²) in [6.07, 6.45) is 4.23. The van der Waals surface area contributed by atoms with Gasteiger partial charge in [-0.3, -0.25) is 4.79 Å². The fourth-order valence-electron chi connectivity index (χ4n) is 5.22. The number of fused-ring (bicyclic) bond motifs is 3. The van der Waals surface area contributed by atoms with E-state index in [-0.39, 0.29) is 23.5 Å². The van der Waals surface area contributed by atoms with E-state index in [0.717, 1.165) is 40.0 Å². The zero-order chi connectivity index (χ0) is 25.4. The maximum absolute atomic E-state index is 11.3. The van der Waals surface area contributed by atoms with Gasteiger partial charge in [0.15, 0.2) is 0 Å². The monoisotopic (exact) mass is 507 g/mol. The van der Waals surface area contributed by atoms with Crippen LogP contribution in [0, 0.1) is 18.8 Å². The summed E-state index contributed by atoms with van der Waals surface area (Å²) in [5.74, 6) is 0.875. The molecule has 0 aliphatic heterocycles. The number of hydrogen-bond acceptors (Lipinski definition) is 6. The maximum atomic E-state index is 11.3. The van der Waals surface area contributed by atoms with Crippen LogP contribution in [-0.4, -0.2) is 43.1 Å². The number of aromatic nitrogens is 1. The second-order valence-corrected chi connectivity index (χ2v) is 12.0. The Hall–Kier alpha value is -3.39. The molecule has 0 saturated heterocycles. The average molecular weight is 508 g/mol. The van der Waals surface area contributed by atoms with Gasteiger partial charge in [0.2, 0.25) is 5.88 Å². The van der Waals surface area contributed by atoms with Gasteiger partial charge in [-0.25, -0.2) is 13.4 Å². The predicted octanol–water partition coefficient (Wildman–Crippen LogP) is 4.42. The summed E-state index contributed by atoms with van der Waals surface area (Å²) in [6.45, 7) is 2.72. The molecular formula is C28H29NO6S. The highest BCUT2D eigenvalue weighted by Gasteiger charge is 2.59. The summed E-state index contributed by atoms with van der Waals surface area (Å²) >= 11 is 0. The average Bonchev–Trinajstić information content (AvgIpc) is 3.43. The molecule has 3 atom stereocenters. The second kappa shape index (κ2) is 9.58. The predicted molar refractivity (Wildman–Crippen MR) is 136 cm³/mol. The molecule has 1 heterocycles. The molecule has 1 saturated carbocycles. The number of ether oxygens (including phenoxy) is 2. The largest absolute Gasteiger partial charge is 0.489 e. The van der Waals surface area contributed by atoms with Crippen molar-refractivity contribution >= 4 is 15.8 Å². The van der Waals surface area contributed by atoms with Crippen LogP contribution in [0.25, 0.3) is 11.1 Å². The van der Waals surface area contributed by atoms with Crippen LogP contribution in [-0.2, 0) is 27.7 Å². The standard InChI is InChI=1S/C28H29NO6S/c1-17-11-25(34-9-4-10-36(2,32)33)29-15-24(17)19-6-3-5-18(12-19)16-35-21-7-8-22-20(13-21)14-23-26(22)27(23)28(30)31/h3,5-8,11-13,15,23,26-27H,4,9-10,14,16H2,1-2H3,(H,30,31)/t23-,26+,27+/m1/s1. The lowest BCUT2D eigenvalue weighted by Gasteiger charge is -2.12. The third kappa shape index (κ3) is 5.23. The lowest BCUT2D eigenvalue weighted by molar-refractivity contribution is -0.139.